The van der Waals surface area contributed by atoms with Crippen LogP contribution in [0.15, 0.2) is 0 Å². The Balaban J connectivity index is 2.47. The van der Waals surface area contributed by atoms with Crippen molar-refractivity contribution in [2.45, 2.75) is 78.6 Å². The molecule has 6 nitrogen and oxygen atoms in total. The maximum Gasteiger partial charge on any atom is 0.430 e. The van der Waals surface area contributed by atoms with Gasteiger partial charge in [-0.15, -0.1) is 0 Å². The second-order valence-corrected chi connectivity index (χ2v) is 39.8. The van der Waals surface area contributed by atoms with E-state index in [-0.39, 0.29) is 0 Å². The lowest BCUT2D eigenvalue weighted by molar-refractivity contribution is 0.605. The van der Waals surface area contributed by atoms with Crippen molar-refractivity contribution in [2.24, 2.45) is 0 Å². The molecule has 0 unspecified atom stereocenters. The van der Waals surface area contributed by atoms with E-state index in [1.54, 1.807) is 0 Å². The highest BCUT2D eigenvalue weighted by Crippen LogP contribution is 2.32. The highest BCUT2D eigenvalue weighted by atomic mass is 28.6. The smallest absolute Gasteiger partial charge is 0.337 e. The van der Waals surface area contributed by atoms with E-state index < -0.39 is 59.8 Å². The lowest BCUT2D eigenvalue weighted by atomic mass is 11.9. The van der Waals surface area contributed by atoms with Crippen LogP contribution in [0.25, 0.3) is 0 Å². The van der Waals surface area contributed by atoms with E-state index in [0.29, 0.717) is 0 Å². The summed E-state index contributed by atoms with van der Waals surface area (Å²) in [6, 6.07) is 0. The molecule has 4 N–H and O–H groups in total. The third-order valence-electron chi connectivity index (χ3n) is 5.08. The zero-order chi connectivity index (χ0) is 20.6. The Morgan fingerprint density at radius 1 is 0.500 bits per heavy atom. The zero-order valence-corrected chi connectivity index (χ0v) is 25.8. The first-order valence-corrected chi connectivity index (χ1v) is 28.6. The van der Waals surface area contributed by atoms with Crippen molar-refractivity contribution in [1.82, 2.24) is 26.4 Å². The Hall–Kier alpha value is 1.21. The second-order valence-electron chi connectivity index (χ2n) is 10.9. The van der Waals surface area contributed by atoms with Crippen LogP contribution in [-0.4, -0.2) is 67.6 Å². The van der Waals surface area contributed by atoms with Gasteiger partial charge in [0.25, 0.3) is 0 Å². The van der Waals surface area contributed by atoms with Crippen LogP contribution in [0.2, 0.25) is 78.6 Å². The Bertz CT molecular complexity index is 482. The first-order chi connectivity index (χ1) is 11.2. The molecule has 0 aliphatic carbocycles. The van der Waals surface area contributed by atoms with Gasteiger partial charge in [0.1, 0.15) is 0 Å². The molecule has 0 aromatic heterocycles. The molecule has 2 aliphatic rings. The van der Waals surface area contributed by atoms with Crippen LogP contribution in [0.3, 0.4) is 0 Å². The Morgan fingerprint density at radius 2 is 0.692 bits per heavy atom. The van der Waals surface area contributed by atoms with Gasteiger partial charge in [-0.05, 0) is 78.6 Å². The summed E-state index contributed by atoms with van der Waals surface area (Å²) in [6.45, 7) is 27.8. The summed E-state index contributed by atoms with van der Waals surface area (Å²) in [7, 11) is -13.8. The van der Waals surface area contributed by atoms with Crippen molar-refractivity contribution in [3.8, 4) is 0 Å². The average molecular weight is 484 g/mol. The topological polar surface area (TPSA) is 54.6 Å². The summed E-state index contributed by atoms with van der Waals surface area (Å²) < 4.78 is 37.0. The Labute approximate surface area is 168 Å². The van der Waals surface area contributed by atoms with Gasteiger partial charge in [0.2, 0.25) is 0 Å². The van der Waals surface area contributed by atoms with Crippen LogP contribution >= 0.6 is 0 Å². The van der Waals surface area contributed by atoms with Crippen molar-refractivity contribution in [1.29, 1.82) is 0 Å². The summed E-state index contributed by atoms with van der Waals surface area (Å²) in [4.78, 5) is 0. The number of hydrogen-bond donors (Lipinski definition) is 4. The second kappa shape index (κ2) is 6.61. The molecule has 0 atom stereocenters. The lowest BCUT2D eigenvalue weighted by Crippen LogP contribution is -2.96. The molecule has 153 valence electrons. The van der Waals surface area contributed by atoms with Crippen molar-refractivity contribution < 1.29 is 4.11 Å². The van der Waals surface area contributed by atoms with Crippen LogP contribution in [0, 0.1) is 0 Å². The molecule has 2 heterocycles. The van der Waals surface area contributed by atoms with Gasteiger partial charge in [0.05, 0.1) is 0 Å². The molecule has 14 heteroatoms. The monoisotopic (exact) mass is 483 g/mol. The first-order valence-electron chi connectivity index (χ1n) is 9.53. The van der Waals surface area contributed by atoms with Crippen molar-refractivity contribution in [3.63, 3.8) is 0 Å². The van der Waals surface area contributed by atoms with Gasteiger partial charge in [0, 0.05) is 0 Å². The van der Waals surface area contributed by atoms with Crippen LogP contribution in [0.5, 0.6) is 0 Å². The fraction of sp³-hybridized carbons (Fsp3) is 1.00. The van der Waals surface area contributed by atoms with E-state index in [1.807, 2.05) is 0 Å². The Morgan fingerprint density at radius 3 is 0.885 bits per heavy atom. The molecule has 2 saturated heterocycles. The lowest BCUT2D eigenvalue weighted by Gasteiger charge is -2.63. The molecular formula is C12H40FN6Si7. The molecular weight excluding hydrogens is 444 g/mol. The minimum Gasteiger partial charge on any atom is -0.337 e. The van der Waals surface area contributed by atoms with Crippen LogP contribution < -0.4 is 18.6 Å². The van der Waals surface area contributed by atoms with E-state index in [0.717, 1.165) is 0 Å². The average Bonchev–Trinajstić information content (AvgIpc) is 2.13. The SMILES string of the molecule is C[Si]1(C)N[Si](C)(C)N([Si](F)N2[Si](C)(C)N[Si](C)(C)N[Si]2(C)C)[Si](C)(C)N1. The van der Waals surface area contributed by atoms with Gasteiger partial charge in [0.15, 0.2) is 50.4 Å². The van der Waals surface area contributed by atoms with Gasteiger partial charge >= 0.3 is 9.45 Å². The van der Waals surface area contributed by atoms with E-state index >= 15 is 4.11 Å². The van der Waals surface area contributed by atoms with E-state index in [2.05, 4.69) is 105 Å². The molecule has 0 aromatic carbocycles. The van der Waals surface area contributed by atoms with Crippen LogP contribution in [0.1, 0.15) is 0 Å². The molecule has 0 bridgehead atoms. The van der Waals surface area contributed by atoms with Gasteiger partial charge < -0.3 is 26.4 Å². The number of nitrogens with zero attached hydrogens (tertiary/aromatic N) is 2. The summed E-state index contributed by atoms with van der Waals surface area (Å²) in [5, 5.41) is 0. The number of halogens is 1. The summed E-state index contributed by atoms with van der Waals surface area (Å²) in [5.41, 5.74) is 0. The molecule has 2 aliphatic heterocycles. The fourth-order valence-electron chi connectivity index (χ4n) is 5.77. The third kappa shape index (κ3) is 4.51. The molecule has 26 heavy (non-hydrogen) atoms. The molecule has 0 saturated carbocycles. The minimum atomic E-state index is -2.31. The number of hydrogen-bond acceptors (Lipinski definition) is 6. The molecule has 0 aromatic rings. The molecule has 2 fully saturated rings. The van der Waals surface area contributed by atoms with E-state index in [4.69, 9.17) is 0 Å². The number of rotatable bonds is 2. The summed E-state index contributed by atoms with van der Waals surface area (Å²) >= 11 is 0. The third-order valence-corrected chi connectivity index (χ3v) is 45.7. The quantitative estimate of drug-likeness (QED) is 0.357. The van der Waals surface area contributed by atoms with E-state index in [1.165, 1.54) is 0 Å². The van der Waals surface area contributed by atoms with Crippen molar-refractivity contribution in [3.05, 3.63) is 0 Å². The van der Waals surface area contributed by atoms with E-state index in [9.17, 15) is 0 Å². The number of nitrogens with one attached hydrogen (secondary N) is 4. The maximum absolute atomic E-state index is 16.6. The summed E-state index contributed by atoms with van der Waals surface area (Å²) in [5.74, 6) is 0. The first kappa shape index (κ1) is 23.5. The van der Waals surface area contributed by atoms with Gasteiger partial charge in [-0.2, -0.15) is 0 Å². The normalized spacial score (nSPS) is 32.5. The maximum atomic E-state index is 16.6. The summed E-state index contributed by atoms with van der Waals surface area (Å²) in [6.07, 6.45) is 0. The zero-order valence-electron chi connectivity index (χ0n) is 18.8. The predicted molar refractivity (Wildman–Crippen MR) is 128 cm³/mol. The predicted octanol–water partition coefficient (Wildman–Crippen LogP) is 2.14. The molecule has 1 radical (unpaired) electrons. The molecule has 2 rings (SSSR count). The van der Waals surface area contributed by atoms with Gasteiger partial charge in [-0.1, -0.05) is 0 Å². The van der Waals surface area contributed by atoms with Gasteiger partial charge in [-0.25, -0.2) is 0 Å². The standard InChI is InChI=1S/C12H40FN6Si7/c1-21(2)14-23(5,6)18(24(7,8)15-21)20(13)19-25(9,10)16-22(3,4)17-26(19,11)12/h14-17H,1-12H3. The minimum absolute atomic E-state index is 1.68. The van der Waals surface area contributed by atoms with Crippen molar-refractivity contribution in [2.75, 3.05) is 0 Å². The van der Waals surface area contributed by atoms with Crippen molar-refractivity contribution >= 4 is 59.8 Å². The van der Waals surface area contributed by atoms with Crippen LogP contribution in [-0.2, 0) is 0 Å². The molecule has 0 spiro atoms. The van der Waals surface area contributed by atoms with Gasteiger partial charge in [-0.3, -0.25) is 4.11 Å². The fourth-order valence-corrected chi connectivity index (χ4v) is 58.8. The van der Waals surface area contributed by atoms with Crippen LogP contribution in [0.4, 0.5) is 4.11 Å². The largest absolute Gasteiger partial charge is 0.430 e. The highest BCUT2D eigenvalue weighted by molar-refractivity contribution is 7.14. The Kier molecular flexibility index (Phi) is 5.97. The highest BCUT2D eigenvalue weighted by Gasteiger charge is 2.62. The molecule has 0 amide bonds.